The van der Waals surface area contributed by atoms with Gasteiger partial charge in [0.2, 0.25) is 5.91 Å². The number of hydrogen-bond acceptors (Lipinski definition) is 4. The Hall–Kier alpha value is -3.19. The van der Waals surface area contributed by atoms with Gasteiger partial charge in [-0.05, 0) is 50.6 Å². The molecule has 1 aliphatic heterocycles. The van der Waals surface area contributed by atoms with Crippen LogP contribution in [0.1, 0.15) is 36.5 Å². The van der Waals surface area contributed by atoms with E-state index in [4.69, 9.17) is 4.98 Å². The molecule has 1 atom stereocenters. The van der Waals surface area contributed by atoms with Crippen LogP contribution in [-0.4, -0.2) is 69.9 Å². The number of rotatable bonds is 6. The maximum Gasteiger partial charge on any atom is 0.254 e. The van der Waals surface area contributed by atoms with Crippen LogP contribution in [0.15, 0.2) is 48.5 Å². The zero-order valence-electron chi connectivity index (χ0n) is 19.0. The number of hydrogen-bond donors (Lipinski definition) is 1. The second kappa shape index (κ2) is 9.53. The van der Waals surface area contributed by atoms with Gasteiger partial charge in [-0.15, -0.1) is 0 Å². The number of fused-ring (bicyclic) bond motifs is 1. The van der Waals surface area contributed by atoms with E-state index >= 15 is 0 Å². The number of aromatic nitrogens is 2. The minimum atomic E-state index is 0.0162. The van der Waals surface area contributed by atoms with Gasteiger partial charge < -0.3 is 10.2 Å². The summed E-state index contributed by atoms with van der Waals surface area (Å²) < 4.78 is 2.10. The van der Waals surface area contributed by atoms with Crippen LogP contribution in [0.25, 0.3) is 16.7 Å². The highest BCUT2D eigenvalue weighted by atomic mass is 16.2. The van der Waals surface area contributed by atoms with Crippen molar-refractivity contribution in [2.75, 3.05) is 32.7 Å². The molecule has 1 saturated heterocycles. The minimum Gasteiger partial charge on any atom is -0.353 e. The molecule has 0 bridgehead atoms. The SMILES string of the molecule is CCC(C)NC(=O)CN1CCN(C(=O)c2ccc3c(c2)nc(C)n3-c2ccccc2)CC1. The molecule has 7 heteroatoms. The highest BCUT2D eigenvalue weighted by Crippen LogP contribution is 2.23. The van der Waals surface area contributed by atoms with E-state index in [1.165, 1.54) is 0 Å². The first-order valence-electron chi connectivity index (χ1n) is 11.3. The smallest absolute Gasteiger partial charge is 0.254 e. The zero-order chi connectivity index (χ0) is 22.7. The minimum absolute atomic E-state index is 0.0162. The first-order valence-corrected chi connectivity index (χ1v) is 11.3. The molecule has 2 heterocycles. The Morgan fingerprint density at radius 1 is 1.06 bits per heavy atom. The van der Waals surface area contributed by atoms with Crippen molar-refractivity contribution in [3.63, 3.8) is 0 Å². The van der Waals surface area contributed by atoms with E-state index in [9.17, 15) is 9.59 Å². The molecular formula is C25H31N5O2. The van der Waals surface area contributed by atoms with Crippen LogP contribution >= 0.6 is 0 Å². The molecule has 168 valence electrons. The van der Waals surface area contributed by atoms with Gasteiger partial charge in [-0.2, -0.15) is 0 Å². The molecule has 1 unspecified atom stereocenters. The maximum absolute atomic E-state index is 13.1. The van der Waals surface area contributed by atoms with E-state index in [0.29, 0.717) is 38.3 Å². The molecule has 1 N–H and O–H groups in total. The molecule has 0 aliphatic carbocycles. The lowest BCUT2D eigenvalue weighted by Crippen LogP contribution is -2.51. The third kappa shape index (κ3) is 4.67. The number of para-hydroxylation sites is 1. The van der Waals surface area contributed by atoms with Crippen LogP contribution in [-0.2, 0) is 4.79 Å². The van der Waals surface area contributed by atoms with Crippen molar-refractivity contribution in [1.82, 2.24) is 24.7 Å². The molecule has 4 rings (SSSR count). The summed E-state index contributed by atoms with van der Waals surface area (Å²) in [6.07, 6.45) is 0.918. The fourth-order valence-electron chi connectivity index (χ4n) is 4.15. The predicted molar refractivity (Wildman–Crippen MR) is 126 cm³/mol. The first-order chi connectivity index (χ1) is 15.5. The van der Waals surface area contributed by atoms with Crippen LogP contribution in [0.2, 0.25) is 0 Å². The highest BCUT2D eigenvalue weighted by molar-refractivity contribution is 5.97. The van der Waals surface area contributed by atoms with Gasteiger partial charge >= 0.3 is 0 Å². The lowest BCUT2D eigenvalue weighted by atomic mass is 10.1. The molecule has 1 fully saturated rings. The van der Waals surface area contributed by atoms with E-state index in [1.807, 2.05) is 55.1 Å². The maximum atomic E-state index is 13.1. The molecule has 7 nitrogen and oxygen atoms in total. The number of piperazine rings is 1. The van der Waals surface area contributed by atoms with Gasteiger partial charge in [-0.1, -0.05) is 25.1 Å². The van der Waals surface area contributed by atoms with Gasteiger partial charge in [-0.3, -0.25) is 19.1 Å². The van der Waals surface area contributed by atoms with Gasteiger partial charge in [0, 0.05) is 43.5 Å². The highest BCUT2D eigenvalue weighted by Gasteiger charge is 2.24. The van der Waals surface area contributed by atoms with Crippen molar-refractivity contribution in [1.29, 1.82) is 0 Å². The number of nitrogens with zero attached hydrogens (tertiary/aromatic N) is 4. The first kappa shape index (κ1) is 22.0. The number of benzene rings is 2. The van der Waals surface area contributed by atoms with Gasteiger partial charge in [0.05, 0.1) is 17.6 Å². The summed E-state index contributed by atoms with van der Waals surface area (Å²) in [5.74, 6) is 0.955. The number of imidazole rings is 1. The summed E-state index contributed by atoms with van der Waals surface area (Å²) in [5, 5.41) is 3.00. The summed E-state index contributed by atoms with van der Waals surface area (Å²) >= 11 is 0. The van der Waals surface area contributed by atoms with Gasteiger partial charge in [-0.25, -0.2) is 4.98 Å². The van der Waals surface area contributed by atoms with Crippen LogP contribution in [0, 0.1) is 6.92 Å². The van der Waals surface area contributed by atoms with E-state index in [2.05, 4.69) is 33.8 Å². The number of carbonyl (C=O) groups excluding carboxylic acids is 2. The van der Waals surface area contributed by atoms with Crippen LogP contribution < -0.4 is 5.32 Å². The molecule has 0 radical (unpaired) electrons. The number of amides is 2. The Morgan fingerprint density at radius 3 is 2.47 bits per heavy atom. The van der Waals surface area contributed by atoms with Crippen LogP contribution in [0.3, 0.4) is 0 Å². The normalized spacial score (nSPS) is 15.7. The fourth-order valence-corrected chi connectivity index (χ4v) is 4.15. The molecule has 2 aromatic carbocycles. The summed E-state index contributed by atoms with van der Waals surface area (Å²) in [7, 11) is 0. The Balaban J connectivity index is 1.42. The lowest BCUT2D eigenvalue weighted by Gasteiger charge is -2.34. The molecule has 3 aromatic rings. The molecule has 0 spiro atoms. The average molecular weight is 434 g/mol. The van der Waals surface area contributed by atoms with Gasteiger partial charge in [0.25, 0.3) is 5.91 Å². The van der Waals surface area contributed by atoms with Gasteiger partial charge in [0.1, 0.15) is 5.82 Å². The second-order valence-corrected chi connectivity index (χ2v) is 8.48. The summed E-state index contributed by atoms with van der Waals surface area (Å²) in [6.45, 7) is 9.05. The van der Waals surface area contributed by atoms with Crippen molar-refractivity contribution >= 4 is 22.8 Å². The Morgan fingerprint density at radius 2 is 1.78 bits per heavy atom. The molecule has 1 aliphatic rings. The zero-order valence-corrected chi connectivity index (χ0v) is 19.0. The van der Waals surface area contributed by atoms with Crippen molar-refractivity contribution in [3.8, 4) is 5.69 Å². The summed E-state index contributed by atoms with van der Waals surface area (Å²) in [4.78, 5) is 33.9. The van der Waals surface area contributed by atoms with Crippen molar-refractivity contribution in [3.05, 3.63) is 59.9 Å². The van der Waals surface area contributed by atoms with Crippen LogP contribution in [0.5, 0.6) is 0 Å². The standard InChI is InChI=1S/C25H31N5O2/c1-4-18(2)26-24(31)17-28-12-14-29(15-13-28)25(32)20-10-11-23-22(16-20)27-19(3)30(23)21-8-6-5-7-9-21/h5-11,16,18H,4,12-15,17H2,1-3H3,(H,26,31). The van der Waals surface area contributed by atoms with Crippen molar-refractivity contribution in [2.24, 2.45) is 0 Å². The summed E-state index contributed by atoms with van der Waals surface area (Å²) in [5.41, 5.74) is 3.51. The molecule has 32 heavy (non-hydrogen) atoms. The second-order valence-electron chi connectivity index (χ2n) is 8.48. The molecular weight excluding hydrogens is 402 g/mol. The lowest BCUT2D eigenvalue weighted by molar-refractivity contribution is -0.123. The van der Waals surface area contributed by atoms with E-state index in [1.54, 1.807) is 0 Å². The van der Waals surface area contributed by atoms with Crippen LogP contribution in [0.4, 0.5) is 0 Å². The topological polar surface area (TPSA) is 70.5 Å². The van der Waals surface area contributed by atoms with E-state index < -0.39 is 0 Å². The number of carbonyl (C=O) groups is 2. The van der Waals surface area contributed by atoms with E-state index in [-0.39, 0.29) is 17.9 Å². The summed E-state index contributed by atoms with van der Waals surface area (Å²) in [6, 6.07) is 16.0. The third-order valence-corrected chi connectivity index (χ3v) is 6.13. The predicted octanol–water partition coefficient (Wildman–Crippen LogP) is 3.01. The Kier molecular flexibility index (Phi) is 6.55. The van der Waals surface area contributed by atoms with Gasteiger partial charge in [0.15, 0.2) is 0 Å². The monoisotopic (exact) mass is 433 g/mol. The largest absolute Gasteiger partial charge is 0.353 e. The molecule has 1 aromatic heterocycles. The fraction of sp³-hybridized carbons (Fsp3) is 0.400. The average Bonchev–Trinajstić information content (AvgIpc) is 3.14. The van der Waals surface area contributed by atoms with Crippen molar-refractivity contribution in [2.45, 2.75) is 33.2 Å². The Labute approximate surface area is 189 Å². The number of aryl methyl sites for hydroxylation is 1. The van der Waals surface area contributed by atoms with E-state index in [0.717, 1.165) is 29.0 Å². The quantitative estimate of drug-likeness (QED) is 0.649. The molecule has 0 saturated carbocycles. The van der Waals surface area contributed by atoms with Crippen molar-refractivity contribution < 1.29 is 9.59 Å². The number of nitrogens with one attached hydrogen (secondary N) is 1. The molecule has 2 amide bonds. The third-order valence-electron chi connectivity index (χ3n) is 6.13. The Bertz CT molecular complexity index is 1100.